The van der Waals surface area contributed by atoms with E-state index in [-0.39, 0.29) is 21.1 Å². The molecule has 3 aromatic heterocycles. The van der Waals surface area contributed by atoms with Gasteiger partial charge in [0, 0.05) is 57.6 Å². The van der Waals surface area contributed by atoms with Crippen molar-refractivity contribution in [2.24, 2.45) is 7.05 Å². The van der Waals surface area contributed by atoms with Gasteiger partial charge in [-0.05, 0) is 59.3 Å². The minimum absolute atomic E-state index is 0. The van der Waals surface area contributed by atoms with Gasteiger partial charge in [0.15, 0.2) is 17.4 Å². The van der Waals surface area contributed by atoms with Crippen LogP contribution < -0.4 is 10.4 Å². The van der Waals surface area contributed by atoms with Crippen molar-refractivity contribution in [2.45, 2.75) is 20.0 Å². The van der Waals surface area contributed by atoms with Gasteiger partial charge in [-0.15, -0.1) is 17.5 Å². The zero-order valence-electron chi connectivity index (χ0n) is 26.2. The number of hydrogen-bond donors (Lipinski definition) is 0. The molecule has 0 saturated heterocycles. The van der Waals surface area contributed by atoms with Gasteiger partial charge in [-0.1, -0.05) is 61.1 Å². The van der Waals surface area contributed by atoms with E-state index < -0.39 is 8.07 Å². The average Bonchev–Trinajstić information content (AvgIpc) is 3.59. The molecule has 46 heavy (non-hydrogen) atoms. The third kappa shape index (κ3) is 4.86. The predicted molar refractivity (Wildman–Crippen MR) is 190 cm³/mol. The number of aryl methyl sites for hydroxylation is 2. The number of nitrogens with zero attached hydrogens (tertiary/aromatic N) is 4. The van der Waals surface area contributed by atoms with Gasteiger partial charge in [-0.25, -0.2) is 14.1 Å². The van der Waals surface area contributed by atoms with Gasteiger partial charge in [0.2, 0.25) is 0 Å². The van der Waals surface area contributed by atoms with Crippen molar-refractivity contribution in [3.05, 3.63) is 145 Å². The molecule has 0 aliphatic heterocycles. The normalized spacial score (nSPS) is 11.7. The third-order valence-corrected chi connectivity index (χ3v) is 12.5. The molecule has 6 heteroatoms. The van der Waals surface area contributed by atoms with Crippen molar-refractivity contribution in [3.8, 4) is 22.6 Å². The summed E-state index contributed by atoms with van der Waals surface area (Å²) >= 11 is 0. The number of fused-ring (bicyclic) bond motifs is 4. The summed E-state index contributed by atoms with van der Waals surface area (Å²) in [5.41, 5.74) is 9.24. The van der Waals surface area contributed by atoms with E-state index in [0.717, 1.165) is 28.1 Å². The fourth-order valence-corrected chi connectivity index (χ4v) is 8.84. The van der Waals surface area contributed by atoms with Crippen molar-refractivity contribution in [2.75, 3.05) is 0 Å². The number of aromatic nitrogens is 4. The summed E-state index contributed by atoms with van der Waals surface area (Å²) in [5, 5.41) is 4.88. The molecular formula is C40H33N4PtSi-. The monoisotopic (exact) mass is 792 g/mol. The summed E-state index contributed by atoms with van der Waals surface area (Å²) in [6.07, 6.45) is 4.06. The van der Waals surface area contributed by atoms with Crippen LogP contribution >= 0.6 is 0 Å². The topological polar surface area (TPSA) is 27.7 Å². The third-order valence-electron chi connectivity index (χ3n) is 9.21. The van der Waals surface area contributed by atoms with E-state index in [4.69, 9.17) is 4.98 Å². The average molecular weight is 793 g/mol. The molecule has 0 amide bonds. The van der Waals surface area contributed by atoms with Gasteiger partial charge in [0.25, 0.3) is 0 Å². The maximum Gasteiger partial charge on any atom is 0.188 e. The minimum Gasteiger partial charge on any atom is -0.319 e. The van der Waals surface area contributed by atoms with Gasteiger partial charge in [-0.3, -0.25) is 0 Å². The van der Waals surface area contributed by atoms with Crippen LogP contribution in [0.3, 0.4) is 0 Å². The first kappa shape index (κ1) is 30.1. The van der Waals surface area contributed by atoms with Crippen LogP contribution in [-0.4, -0.2) is 26.8 Å². The molecule has 0 radical (unpaired) electrons. The molecule has 0 saturated carbocycles. The molecule has 8 aromatic rings. The molecule has 0 atom stereocenters. The Bertz CT molecular complexity index is 2400. The molecule has 3 heterocycles. The van der Waals surface area contributed by atoms with Crippen LogP contribution in [0.15, 0.2) is 128 Å². The molecule has 0 aliphatic carbocycles. The van der Waals surface area contributed by atoms with Gasteiger partial charge >= 0.3 is 0 Å². The van der Waals surface area contributed by atoms with Gasteiger partial charge in [-0.2, -0.15) is 40.7 Å². The Balaban J connectivity index is 0.00000338. The maximum absolute atomic E-state index is 4.90. The Kier molecular flexibility index (Phi) is 7.63. The van der Waals surface area contributed by atoms with Gasteiger partial charge < -0.3 is 4.57 Å². The number of benzene rings is 5. The Morgan fingerprint density at radius 3 is 2.24 bits per heavy atom. The second-order valence-corrected chi connectivity index (χ2v) is 16.7. The molecule has 5 aromatic carbocycles. The summed E-state index contributed by atoms with van der Waals surface area (Å²) in [7, 11) is -0.113. The van der Waals surface area contributed by atoms with Crippen molar-refractivity contribution >= 4 is 51.3 Å². The van der Waals surface area contributed by atoms with E-state index in [1.165, 1.54) is 43.3 Å². The van der Waals surface area contributed by atoms with Crippen LogP contribution in [0.1, 0.15) is 5.56 Å². The molecule has 228 valence electrons. The van der Waals surface area contributed by atoms with E-state index in [1.807, 2.05) is 6.20 Å². The standard InChI is InChI=1S/C40H33N4Si.Pt/c1-28-12-5-6-15-33(28)29-22-23-41-40(24-29)44-36-17-8-7-16-34(36)35-21-20-32(26-39(35)44)45(3,4)31-14-11-13-30(25-31)43-27-42(2)37-18-9-10-19-38(37)43;/h5-24,27H,1-4H3;/q-1;. The second kappa shape index (κ2) is 11.7. The number of imidazole rings is 1. The second-order valence-electron chi connectivity index (χ2n) is 12.4. The quantitative estimate of drug-likeness (QED) is 0.128. The van der Waals surface area contributed by atoms with E-state index in [9.17, 15) is 0 Å². The summed E-state index contributed by atoms with van der Waals surface area (Å²) in [6, 6.07) is 48.8. The Labute approximate surface area is 284 Å². The molecule has 4 nitrogen and oxygen atoms in total. The van der Waals surface area contributed by atoms with E-state index in [1.54, 1.807) is 0 Å². The Morgan fingerprint density at radius 1 is 0.696 bits per heavy atom. The number of para-hydroxylation sites is 3. The van der Waals surface area contributed by atoms with Crippen LogP contribution in [0.5, 0.6) is 0 Å². The van der Waals surface area contributed by atoms with Crippen molar-refractivity contribution in [1.29, 1.82) is 0 Å². The predicted octanol–water partition coefficient (Wildman–Crippen LogP) is 8.14. The zero-order valence-corrected chi connectivity index (χ0v) is 29.5. The maximum atomic E-state index is 4.90. The van der Waals surface area contributed by atoms with Crippen molar-refractivity contribution < 1.29 is 21.1 Å². The molecule has 0 N–H and O–H groups in total. The summed E-state index contributed by atoms with van der Waals surface area (Å²) in [4.78, 5) is 4.90. The van der Waals surface area contributed by atoms with Crippen LogP contribution in [0.25, 0.3) is 55.5 Å². The number of hydrogen-bond acceptors (Lipinski definition) is 1. The summed E-state index contributed by atoms with van der Waals surface area (Å²) < 4.78 is 6.69. The molecular weight excluding hydrogens is 760 g/mol. The SMILES string of the molecule is Cc1ccccc1-c1ccnc(-n2c3[c-]c([Si](C)(C)c4[c-]c(-n5[cH+]n(C)c6ccccc65)ccc4)ccc3c3ccccc32)c1.[Pt]. The fourth-order valence-electron chi connectivity index (χ4n) is 6.66. The van der Waals surface area contributed by atoms with Crippen LogP contribution in [0, 0.1) is 19.1 Å². The van der Waals surface area contributed by atoms with Crippen LogP contribution in [0.4, 0.5) is 0 Å². The van der Waals surface area contributed by atoms with E-state index in [0.29, 0.717) is 0 Å². The first-order valence-corrected chi connectivity index (χ1v) is 18.4. The summed E-state index contributed by atoms with van der Waals surface area (Å²) in [5.74, 6) is 0.899. The largest absolute Gasteiger partial charge is 0.319 e. The summed E-state index contributed by atoms with van der Waals surface area (Å²) in [6.45, 7) is 6.96. The Hall–Kier alpha value is -4.57. The fraction of sp³-hybridized carbons (Fsp3) is 0.100. The van der Waals surface area contributed by atoms with Crippen molar-refractivity contribution in [3.63, 3.8) is 0 Å². The first-order chi connectivity index (χ1) is 21.9. The van der Waals surface area contributed by atoms with Crippen LogP contribution in [0.2, 0.25) is 13.1 Å². The smallest absolute Gasteiger partial charge is 0.188 e. The Morgan fingerprint density at radius 2 is 1.41 bits per heavy atom. The zero-order chi connectivity index (χ0) is 30.7. The number of pyridine rings is 1. The van der Waals surface area contributed by atoms with Crippen LogP contribution in [-0.2, 0) is 28.1 Å². The van der Waals surface area contributed by atoms with Crippen molar-refractivity contribution in [1.82, 2.24) is 18.7 Å². The minimum atomic E-state index is -2.21. The van der Waals surface area contributed by atoms with Gasteiger partial charge in [0.1, 0.15) is 5.82 Å². The number of rotatable bonds is 5. The molecule has 0 unspecified atom stereocenters. The van der Waals surface area contributed by atoms with E-state index in [2.05, 4.69) is 174 Å². The van der Waals surface area contributed by atoms with E-state index >= 15 is 0 Å². The molecule has 8 rings (SSSR count). The molecule has 0 spiro atoms. The van der Waals surface area contributed by atoms with Gasteiger partial charge in [0.05, 0.1) is 8.07 Å². The molecule has 0 bridgehead atoms. The molecule has 0 aliphatic rings. The first-order valence-electron chi connectivity index (χ1n) is 15.4. The molecule has 0 fully saturated rings.